The highest BCUT2D eigenvalue weighted by Gasteiger charge is 2.37. The number of hydrogen-bond donors (Lipinski definition) is 4. The number of aromatic amines is 1. The maximum Gasteiger partial charge on any atom is 0.295 e. The summed E-state index contributed by atoms with van der Waals surface area (Å²) < 4.78 is 47.2. The van der Waals surface area contributed by atoms with Crippen LogP contribution in [-0.4, -0.2) is 71.4 Å². The molecule has 0 saturated carbocycles. The van der Waals surface area contributed by atoms with Gasteiger partial charge in [0, 0.05) is 19.2 Å². The number of imidazole rings is 1. The average Bonchev–Trinajstić information content (AvgIpc) is 3.52. The summed E-state index contributed by atoms with van der Waals surface area (Å²) in [6.45, 7) is 1.99. The van der Waals surface area contributed by atoms with Gasteiger partial charge in [0.05, 0.1) is 37.0 Å². The van der Waals surface area contributed by atoms with Gasteiger partial charge in [-0.3, -0.25) is 0 Å². The Bertz CT molecular complexity index is 1420. The van der Waals surface area contributed by atoms with Gasteiger partial charge in [-0.1, -0.05) is 48.5 Å². The molecule has 2 aliphatic rings. The number of nitrogens with zero attached hydrogens (tertiary/aromatic N) is 1. The molecular weight excluding hydrogens is 496 g/mol. The third-order valence-electron chi connectivity index (χ3n) is 7.04. The van der Waals surface area contributed by atoms with Crippen molar-refractivity contribution in [3.8, 4) is 28.3 Å². The van der Waals surface area contributed by atoms with Gasteiger partial charge in [-0.05, 0) is 22.3 Å². The number of fused-ring (bicyclic) bond motifs is 1. The second kappa shape index (κ2) is 10.4. The number of aliphatic hydroxyl groups excluding tert-OH is 2. The number of rotatable bonds is 6. The minimum atomic E-state index is -1.07. The number of hydrogen-bond acceptors (Lipinski definition) is 7. The highest BCUT2D eigenvalue weighted by Crippen LogP contribution is 2.34. The second-order valence-corrected chi connectivity index (χ2v) is 9.45. The Kier molecular flexibility index (Phi) is 6.81. The summed E-state index contributed by atoms with van der Waals surface area (Å²) in [6, 6.07) is 16.2. The van der Waals surface area contributed by atoms with E-state index in [9.17, 15) is 10.2 Å². The van der Waals surface area contributed by atoms with Gasteiger partial charge in [0.2, 0.25) is 0 Å². The van der Waals surface area contributed by atoms with E-state index in [2.05, 4.69) is 15.3 Å². The number of morpholine rings is 1. The van der Waals surface area contributed by atoms with Gasteiger partial charge in [-0.2, -0.15) is 4.98 Å². The van der Waals surface area contributed by atoms with E-state index in [4.69, 9.17) is 14.2 Å². The number of ether oxygens (including phenoxy) is 3. The van der Waals surface area contributed by atoms with Crippen molar-refractivity contribution < 1.29 is 33.2 Å². The van der Waals surface area contributed by atoms with E-state index in [1.54, 1.807) is 12.1 Å². The third-order valence-corrected chi connectivity index (χ3v) is 7.04. The van der Waals surface area contributed by atoms with Crippen LogP contribution in [0.3, 0.4) is 0 Å². The summed E-state index contributed by atoms with van der Waals surface area (Å²) in [5.74, 6) is -1.56. The van der Waals surface area contributed by atoms with E-state index < -0.39 is 29.9 Å². The lowest BCUT2D eigenvalue weighted by Crippen LogP contribution is -2.36. The predicted octanol–water partition coefficient (Wildman–Crippen LogP) is 3.34. The minimum Gasteiger partial charge on any atom is -0.456 e. The van der Waals surface area contributed by atoms with Gasteiger partial charge < -0.3 is 34.7 Å². The Morgan fingerprint density at radius 1 is 1.00 bits per heavy atom. The first-order chi connectivity index (χ1) is 18.5. The summed E-state index contributed by atoms with van der Waals surface area (Å²) in [5.41, 5.74) is 3.22. The monoisotopic (exact) mass is 523 g/mol. The first-order valence-corrected chi connectivity index (χ1v) is 12.5. The zero-order valence-electron chi connectivity index (χ0n) is 20.4. The molecule has 38 heavy (non-hydrogen) atoms. The van der Waals surface area contributed by atoms with Gasteiger partial charge in [0.25, 0.3) is 6.01 Å². The van der Waals surface area contributed by atoms with E-state index in [-0.39, 0.29) is 41.9 Å². The van der Waals surface area contributed by atoms with Crippen molar-refractivity contribution in [2.45, 2.75) is 24.4 Å². The molecule has 0 amide bonds. The van der Waals surface area contributed by atoms with Crippen molar-refractivity contribution in [3.63, 3.8) is 0 Å². The highest BCUT2D eigenvalue weighted by molar-refractivity contribution is 5.84. The largest absolute Gasteiger partial charge is 0.456 e. The Morgan fingerprint density at radius 2 is 1.71 bits per heavy atom. The quantitative estimate of drug-likeness (QED) is 0.307. The van der Waals surface area contributed by atoms with Crippen LogP contribution in [0, 0.1) is 11.6 Å². The van der Waals surface area contributed by atoms with E-state index in [1.807, 2.05) is 36.4 Å². The van der Waals surface area contributed by atoms with Crippen LogP contribution in [0.15, 0.2) is 54.6 Å². The molecule has 0 spiro atoms. The summed E-state index contributed by atoms with van der Waals surface area (Å²) in [6.07, 6.45) is -2.61. The zero-order chi connectivity index (χ0) is 26.2. The molecule has 3 aromatic carbocycles. The number of halogens is 2. The minimum absolute atomic E-state index is 0.0306. The van der Waals surface area contributed by atoms with Crippen LogP contribution in [0.4, 0.5) is 8.78 Å². The number of aromatic nitrogens is 2. The van der Waals surface area contributed by atoms with E-state index in [0.29, 0.717) is 12.2 Å². The third kappa shape index (κ3) is 4.65. The van der Waals surface area contributed by atoms with E-state index in [1.165, 1.54) is 6.07 Å². The number of aliphatic hydroxyl groups is 2. The predicted molar refractivity (Wildman–Crippen MR) is 136 cm³/mol. The topological polar surface area (TPSA) is 109 Å². The number of nitrogens with one attached hydrogen (secondary N) is 2. The molecule has 0 bridgehead atoms. The Hall–Kier alpha value is -3.41. The molecule has 3 heterocycles. The second-order valence-electron chi connectivity index (χ2n) is 9.45. The van der Waals surface area contributed by atoms with Crippen LogP contribution < -0.4 is 10.1 Å². The first-order valence-electron chi connectivity index (χ1n) is 12.5. The van der Waals surface area contributed by atoms with Crippen LogP contribution in [0.25, 0.3) is 33.3 Å². The Morgan fingerprint density at radius 3 is 2.37 bits per heavy atom. The summed E-state index contributed by atoms with van der Waals surface area (Å²) in [7, 11) is 0. The molecule has 3 unspecified atom stereocenters. The van der Waals surface area contributed by atoms with Crippen LogP contribution >= 0.6 is 0 Å². The number of H-pyrrole nitrogens is 1. The van der Waals surface area contributed by atoms with Crippen LogP contribution in [0.2, 0.25) is 0 Å². The molecule has 0 radical (unpaired) electrons. The lowest BCUT2D eigenvalue weighted by atomic mass is 9.98. The van der Waals surface area contributed by atoms with Crippen molar-refractivity contribution in [2.24, 2.45) is 0 Å². The van der Waals surface area contributed by atoms with Crippen molar-refractivity contribution in [1.82, 2.24) is 15.3 Å². The standard InChI is InChI=1S/C28H27F2N3O5/c29-19-11-20-26(33-28(32-20)38-23-14-37-22(13-34)27(23)35)25(30)24(19)18-7-3-16(4-8-18)15-1-5-17(6-2-15)21-12-31-9-10-36-21/h1-8,11,21-23,27,31,34-35H,9-10,12-14H2,(H,32,33)/t21?,22-,23?,27?/m1/s1. The summed E-state index contributed by atoms with van der Waals surface area (Å²) in [4.78, 5) is 6.88. The molecule has 10 heteroatoms. The fraction of sp³-hybridized carbons (Fsp3) is 0.321. The van der Waals surface area contributed by atoms with Crippen molar-refractivity contribution in [3.05, 3.63) is 71.8 Å². The SMILES string of the molecule is OC[C@H]1OCC(Oc2nc3c(F)c(-c4ccc(-c5ccc(C6CNCCO6)cc5)cc4)c(F)cc3[nH]2)C1O. The Balaban J connectivity index is 1.23. The van der Waals surface area contributed by atoms with E-state index >= 15 is 8.78 Å². The normalized spacial score (nSPS) is 23.7. The fourth-order valence-electron chi connectivity index (χ4n) is 4.94. The maximum atomic E-state index is 15.5. The van der Waals surface area contributed by atoms with Crippen LogP contribution in [-0.2, 0) is 9.47 Å². The Labute approximate surface area is 217 Å². The molecule has 2 saturated heterocycles. The molecule has 4 atom stereocenters. The molecule has 8 nitrogen and oxygen atoms in total. The lowest BCUT2D eigenvalue weighted by molar-refractivity contribution is -0.00390. The molecule has 2 aliphatic heterocycles. The van der Waals surface area contributed by atoms with Crippen molar-refractivity contribution in [1.29, 1.82) is 0 Å². The van der Waals surface area contributed by atoms with Crippen LogP contribution in [0.1, 0.15) is 11.7 Å². The molecular formula is C28H27F2N3O5. The fourth-order valence-corrected chi connectivity index (χ4v) is 4.94. The van der Waals surface area contributed by atoms with Gasteiger partial charge in [-0.25, -0.2) is 8.78 Å². The molecule has 1 aromatic heterocycles. The molecule has 4 aromatic rings. The van der Waals surface area contributed by atoms with E-state index in [0.717, 1.165) is 29.8 Å². The maximum absolute atomic E-state index is 15.5. The smallest absolute Gasteiger partial charge is 0.295 e. The molecule has 2 fully saturated rings. The summed E-state index contributed by atoms with van der Waals surface area (Å²) >= 11 is 0. The summed E-state index contributed by atoms with van der Waals surface area (Å²) in [5, 5.41) is 22.7. The highest BCUT2D eigenvalue weighted by atomic mass is 19.1. The van der Waals surface area contributed by atoms with Crippen LogP contribution in [0.5, 0.6) is 6.01 Å². The van der Waals surface area contributed by atoms with Gasteiger partial charge >= 0.3 is 0 Å². The zero-order valence-corrected chi connectivity index (χ0v) is 20.4. The average molecular weight is 524 g/mol. The molecule has 6 rings (SSSR count). The number of benzene rings is 3. The van der Waals surface area contributed by atoms with Crippen molar-refractivity contribution in [2.75, 3.05) is 32.9 Å². The molecule has 198 valence electrons. The van der Waals surface area contributed by atoms with Gasteiger partial charge in [-0.15, -0.1) is 0 Å². The van der Waals surface area contributed by atoms with Gasteiger partial charge in [0.15, 0.2) is 11.9 Å². The first kappa shape index (κ1) is 24.9. The lowest BCUT2D eigenvalue weighted by Gasteiger charge is -2.24. The molecule has 4 N–H and O–H groups in total. The molecule has 0 aliphatic carbocycles. The van der Waals surface area contributed by atoms with Gasteiger partial charge in [0.1, 0.15) is 23.5 Å². The van der Waals surface area contributed by atoms with Crippen molar-refractivity contribution >= 4 is 11.0 Å².